The molecule has 1 N–H and O–H groups in total. The topological polar surface area (TPSA) is 88.2 Å². The quantitative estimate of drug-likeness (QED) is 0.434. The van der Waals surface area contributed by atoms with Crippen molar-refractivity contribution in [3.63, 3.8) is 0 Å². The third-order valence-corrected chi connectivity index (χ3v) is 5.71. The van der Waals surface area contributed by atoms with E-state index in [0.717, 1.165) is 43.3 Å². The third kappa shape index (κ3) is 5.44. The highest BCUT2D eigenvalue weighted by Crippen LogP contribution is 2.24. The Morgan fingerprint density at radius 3 is 2.30 bits per heavy atom. The average molecular weight is 469 g/mol. The van der Waals surface area contributed by atoms with E-state index in [1.165, 1.54) is 0 Å². The second kappa shape index (κ2) is 10.2. The zero-order valence-corrected chi connectivity index (χ0v) is 18.9. The van der Waals surface area contributed by atoms with Gasteiger partial charge in [0.1, 0.15) is 17.3 Å². The molecule has 2 aromatic heterocycles. The molecule has 0 amide bonds. The Labute approximate surface area is 197 Å². The lowest BCUT2D eigenvalue weighted by Gasteiger charge is -2.31. The van der Waals surface area contributed by atoms with Gasteiger partial charge in [0, 0.05) is 42.8 Å². The number of ether oxygens (including phenoxy) is 2. The van der Waals surface area contributed by atoms with E-state index in [4.69, 9.17) is 30.5 Å². The summed E-state index contributed by atoms with van der Waals surface area (Å²) >= 11 is 5.96. The molecular formula is C23H25ClN6O3. The smallest absolute Gasteiger partial charge is 0.229 e. The lowest BCUT2D eigenvalue weighted by Crippen LogP contribution is -2.39. The third-order valence-electron chi connectivity index (χ3n) is 5.46. The number of nitrogens with one attached hydrogen (secondary N) is 1. The number of hydrogen-bond donors (Lipinski definition) is 1. The number of furan rings is 1. The van der Waals surface area contributed by atoms with Crippen LogP contribution in [-0.4, -0.2) is 68.8 Å². The van der Waals surface area contributed by atoms with Crippen molar-refractivity contribution >= 4 is 35.4 Å². The molecule has 5 rings (SSSR count). The van der Waals surface area contributed by atoms with Crippen LogP contribution in [0.5, 0.6) is 0 Å². The monoisotopic (exact) mass is 468 g/mol. The van der Waals surface area contributed by atoms with Gasteiger partial charge in [-0.05, 0) is 36.4 Å². The molecule has 0 atom stereocenters. The second-order valence-corrected chi connectivity index (χ2v) is 8.13. The molecule has 0 bridgehead atoms. The largest absolute Gasteiger partial charge is 0.455 e. The number of hydrogen-bond acceptors (Lipinski definition) is 9. The molecule has 2 fully saturated rings. The van der Waals surface area contributed by atoms with E-state index in [2.05, 4.69) is 25.3 Å². The minimum absolute atomic E-state index is 0.619. The standard InChI is InChI=1S/C23H25ClN6O3/c24-18-3-1-17(2-4-18)20-6-5-19(33-20)16-25-28-21-15-22(29-7-11-31-12-8-29)27-23(26-21)30-9-13-32-14-10-30/h1-6,15-16H,7-14H2,(H,26,27,28). The predicted molar refractivity (Wildman–Crippen MR) is 128 cm³/mol. The van der Waals surface area contributed by atoms with Crippen LogP contribution in [0.1, 0.15) is 5.76 Å². The first-order valence-corrected chi connectivity index (χ1v) is 11.3. The van der Waals surface area contributed by atoms with Crippen molar-refractivity contribution in [1.29, 1.82) is 0 Å². The molecule has 0 radical (unpaired) electrons. The maximum Gasteiger partial charge on any atom is 0.229 e. The van der Waals surface area contributed by atoms with Crippen molar-refractivity contribution in [2.45, 2.75) is 0 Å². The summed E-state index contributed by atoms with van der Waals surface area (Å²) in [5.74, 6) is 3.52. The van der Waals surface area contributed by atoms with E-state index < -0.39 is 0 Å². The fourth-order valence-electron chi connectivity index (χ4n) is 3.69. The Kier molecular flexibility index (Phi) is 6.71. The predicted octanol–water partition coefficient (Wildman–Crippen LogP) is 3.51. The maximum atomic E-state index is 5.96. The van der Waals surface area contributed by atoms with E-state index in [1.807, 2.05) is 42.5 Å². The summed E-state index contributed by atoms with van der Waals surface area (Å²) in [4.78, 5) is 13.8. The summed E-state index contributed by atoms with van der Waals surface area (Å²) in [5.41, 5.74) is 3.99. The van der Waals surface area contributed by atoms with Crippen LogP contribution in [0.15, 0.2) is 52.0 Å². The molecule has 2 saturated heterocycles. The van der Waals surface area contributed by atoms with Crippen LogP contribution in [0, 0.1) is 0 Å². The second-order valence-electron chi connectivity index (χ2n) is 7.69. The van der Waals surface area contributed by atoms with Gasteiger partial charge in [-0.25, -0.2) is 0 Å². The first kappa shape index (κ1) is 21.7. The molecule has 0 aliphatic carbocycles. The summed E-state index contributed by atoms with van der Waals surface area (Å²) in [6.45, 7) is 5.81. The SMILES string of the molecule is Clc1ccc(-c2ccc(C=NNc3cc(N4CCOCC4)nc(N4CCOCC4)n3)o2)cc1. The van der Waals surface area contributed by atoms with Crippen LogP contribution >= 0.6 is 11.6 Å². The first-order valence-electron chi connectivity index (χ1n) is 10.9. The zero-order chi connectivity index (χ0) is 22.5. The van der Waals surface area contributed by atoms with Crippen LogP contribution in [0.4, 0.5) is 17.6 Å². The van der Waals surface area contributed by atoms with E-state index in [1.54, 1.807) is 6.21 Å². The number of hydrazone groups is 1. The van der Waals surface area contributed by atoms with Gasteiger partial charge < -0.3 is 23.7 Å². The van der Waals surface area contributed by atoms with Crippen molar-refractivity contribution in [1.82, 2.24) is 9.97 Å². The van der Waals surface area contributed by atoms with Gasteiger partial charge in [-0.15, -0.1) is 0 Å². The number of anilines is 3. The summed E-state index contributed by atoms with van der Waals surface area (Å²) < 4.78 is 16.8. The number of halogens is 1. The number of nitrogens with zero attached hydrogens (tertiary/aromatic N) is 5. The average Bonchev–Trinajstić information content (AvgIpc) is 3.34. The van der Waals surface area contributed by atoms with Crippen LogP contribution < -0.4 is 15.2 Å². The summed E-state index contributed by atoms with van der Waals surface area (Å²) in [6.07, 6.45) is 1.63. The first-order chi connectivity index (χ1) is 16.2. The van der Waals surface area contributed by atoms with Gasteiger partial charge in [-0.2, -0.15) is 15.1 Å². The van der Waals surface area contributed by atoms with Gasteiger partial charge in [0.15, 0.2) is 5.82 Å². The zero-order valence-electron chi connectivity index (χ0n) is 18.1. The van der Waals surface area contributed by atoms with E-state index in [-0.39, 0.29) is 0 Å². The van der Waals surface area contributed by atoms with E-state index >= 15 is 0 Å². The van der Waals surface area contributed by atoms with Crippen molar-refractivity contribution in [2.75, 3.05) is 67.8 Å². The Hall–Kier alpha value is -3.14. The molecule has 33 heavy (non-hydrogen) atoms. The summed E-state index contributed by atoms with van der Waals surface area (Å²) in [5, 5.41) is 5.03. The molecule has 0 saturated carbocycles. The molecule has 0 spiro atoms. The highest BCUT2D eigenvalue weighted by molar-refractivity contribution is 6.30. The molecule has 172 valence electrons. The summed E-state index contributed by atoms with van der Waals surface area (Å²) in [7, 11) is 0. The molecule has 0 unspecified atom stereocenters. The molecule has 10 heteroatoms. The maximum absolute atomic E-state index is 5.96. The van der Waals surface area contributed by atoms with Gasteiger partial charge in [-0.3, -0.25) is 5.43 Å². The van der Waals surface area contributed by atoms with Crippen molar-refractivity contribution in [3.8, 4) is 11.3 Å². The summed E-state index contributed by atoms with van der Waals surface area (Å²) in [6, 6.07) is 13.2. The number of benzene rings is 1. The van der Waals surface area contributed by atoms with Gasteiger partial charge >= 0.3 is 0 Å². The highest BCUT2D eigenvalue weighted by Gasteiger charge is 2.19. The Morgan fingerprint density at radius 1 is 0.879 bits per heavy atom. The molecule has 2 aliphatic rings. The number of morpholine rings is 2. The van der Waals surface area contributed by atoms with Crippen LogP contribution in [0.25, 0.3) is 11.3 Å². The van der Waals surface area contributed by atoms with Crippen molar-refractivity contribution in [3.05, 3.63) is 53.2 Å². The lowest BCUT2D eigenvalue weighted by molar-refractivity contribution is 0.121. The molecule has 2 aliphatic heterocycles. The van der Waals surface area contributed by atoms with Gasteiger partial charge in [-0.1, -0.05) is 11.6 Å². The fourth-order valence-corrected chi connectivity index (χ4v) is 3.82. The van der Waals surface area contributed by atoms with Crippen LogP contribution in [0.2, 0.25) is 5.02 Å². The number of aromatic nitrogens is 2. The van der Waals surface area contributed by atoms with Gasteiger partial charge in [0.05, 0.1) is 32.6 Å². The van der Waals surface area contributed by atoms with Crippen molar-refractivity contribution < 1.29 is 13.9 Å². The molecule has 9 nitrogen and oxygen atoms in total. The van der Waals surface area contributed by atoms with Crippen LogP contribution in [-0.2, 0) is 9.47 Å². The van der Waals surface area contributed by atoms with Crippen molar-refractivity contribution in [2.24, 2.45) is 5.10 Å². The normalized spacial score (nSPS) is 17.0. The molecule has 3 aromatic rings. The Morgan fingerprint density at radius 2 is 1.58 bits per heavy atom. The lowest BCUT2D eigenvalue weighted by atomic mass is 10.2. The molecular weight excluding hydrogens is 444 g/mol. The Balaban J connectivity index is 1.32. The minimum Gasteiger partial charge on any atom is -0.455 e. The van der Waals surface area contributed by atoms with Gasteiger partial charge in [0.25, 0.3) is 0 Å². The van der Waals surface area contributed by atoms with E-state index in [0.29, 0.717) is 49.0 Å². The van der Waals surface area contributed by atoms with Crippen LogP contribution in [0.3, 0.4) is 0 Å². The molecule has 4 heterocycles. The Bertz CT molecular complexity index is 1060. The number of rotatable bonds is 6. The van der Waals surface area contributed by atoms with E-state index in [9.17, 15) is 0 Å². The molecule has 1 aromatic carbocycles. The minimum atomic E-state index is 0.619. The highest BCUT2D eigenvalue weighted by atomic mass is 35.5. The van der Waals surface area contributed by atoms with Gasteiger partial charge in [0.2, 0.25) is 5.95 Å². The fraction of sp³-hybridized carbons (Fsp3) is 0.348.